The molecule has 3 nitrogen and oxygen atoms in total. The summed E-state index contributed by atoms with van der Waals surface area (Å²) in [5, 5.41) is 8.43. The second kappa shape index (κ2) is 5.53. The Kier molecular flexibility index (Phi) is 3.49. The van der Waals surface area contributed by atoms with Gasteiger partial charge < -0.3 is 5.32 Å². The minimum absolute atomic E-state index is 0.968. The molecule has 0 atom stereocenters. The lowest BCUT2D eigenvalue weighted by Gasteiger charge is -2.08. The van der Waals surface area contributed by atoms with Gasteiger partial charge in [-0.3, -0.25) is 0 Å². The van der Waals surface area contributed by atoms with Crippen molar-refractivity contribution in [1.82, 2.24) is 9.78 Å². The number of rotatable bonds is 2. The molecule has 0 saturated heterocycles. The van der Waals surface area contributed by atoms with Crippen LogP contribution in [0, 0.1) is 13.8 Å². The monoisotopic (exact) mass is 367 g/mol. The minimum Gasteiger partial charge on any atom is -0.369 e. The number of fused-ring (bicyclic) bond motifs is 1. The summed E-state index contributed by atoms with van der Waals surface area (Å²) < 4.78 is 3.07. The van der Waals surface area contributed by atoms with Gasteiger partial charge in [0.1, 0.15) is 5.82 Å². The number of aromatic nitrogens is 2. The molecule has 4 heteroatoms. The van der Waals surface area contributed by atoms with Crippen molar-refractivity contribution in [2.45, 2.75) is 20.3 Å². The first-order valence-corrected chi connectivity index (χ1v) is 8.62. The Morgan fingerprint density at radius 3 is 2.57 bits per heavy atom. The van der Waals surface area contributed by atoms with Crippen LogP contribution < -0.4 is 5.32 Å². The summed E-state index contributed by atoms with van der Waals surface area (Å²) in [7, 11) is 0. The molecule has 3 aromatic rings. The summed E-state index contributed by atoms with van der Waals surface area (Å²) in [5.41, 5.74) is 7.21. The lowest BCUT2D eigenvalue weighted by molar-refractivity contribution is 0.878. The lowest BCUT2D eigenvalue weighted by Crippen LogP contribution is -2.04. The number of anilines is 1. The number of aryl methyl sites for hydroxylation is 2. The van der Waals surface area contributed by atoms with Crippen LogP contribution in [-0.2, 0) is 6.42 Å². The van der Waals surface area contributed by atoms with Gasteiger partial charge in [-0.05, 0) is 60.5 Å². The van der Waals surface area contributed by atoms with Crippen LogP contribution in [0.15, 0.2) is 46.9 Å². The number of nitrogens with one attached hydrogen (secondary N) is 1. The molecule has 0 bridgehead atoms. The standard InChI is InChI=1S/C19H18BrN3/c1-12-9-13(2)11-14(10-12)18-15-7-8-21-19(15)23(22-18)17-6-4-3-5-16(17)20/h3-6,9-11,21H,7-8H2,1-2H3. The van der Waals surface area contributed by atoms with Crippen LogP contribution in [0.1, 0.15) is 16.7 Å². The van der Waals surface area contributed by atoms with Crippen molar-refractivity contribution in [2.75, 3.05) is 11.9 Å². The molecule has 0 aliphatic carbocycles. The Morgan fingerprint density at radius 2 is 1.83 bits per heavy atom. The zero-order valence-corrected chi connectivity index (χ0v) is 14.8. The first kappa shape index (κ1) is 14.5. The van der Waals surface area contributed by atoms with Crippen LogP contribution in [0.25, 0.3) is 16.9 Å². The highest BCUT2D eigenvalue weighted by Gasteiger charge is 2.24. The van der Waals surface area contributed by atoms with E-state index in [-0.39, 0.29) is 0 Å². The summed E-state index contributed by atoms with van der Waals surface area (Å²) in [5.74, 6) is 1.12. The second-order valence-corrected chi connectivity index (χ2v) is 6.95. The summed E-state index contributed by atoms with van der Waals surface area (Å²) >= 11 is 3.64. The van der Waals surface area contributed by atoms with Gasteiger partial charge in [-0.25, -0.2) is 4.68 Å². The Hall–Kier alpha value is -2.07. The fraction of sp³-hybridized carbons (Fsp3) is 0.211. The molecule has 4 rings (SSSR count). The fourth-order valence-corrected chi connectivity index (χ4v) is 3.77. The van der Waals surface area contributed by atoms with Crippen LogP contribution in [0.2, 0.25) is 0 Å². The van der Waals surface area contributed by atoms with Crippen LogP contribution in [0.3, 0.4) is 0 Å². The van der Waals surface area contributed by atoms with Crippen molar-refractivity contribution in [2.24, 2.45) is 0 Å². The maximum Gasteiger partial charge on any atom is 0.133 e. The molecule has 1 aliphatic rings. The molecule has 1 aliphatic heterocycles. The van der Waals surface area contributed by atoms with Gasteiger partial charge in [-0.2, -0.15) is 5.10 Å². The molecule has 0 unspecified atom stereocenters. The smallest absolute Gasteiger partial charge is 0.133 e. The van der Waals surface area contributed by atoms with Crippen molar-refractivity contribution < 1.29 is 0 Å². The van der Waals surface area contributed by atoms with E-state index in [0.29, 0.717) is 0 Å². The second-order valence-electron chi connectivity index (χ2n) is 6.09. The third-order valence-corrected chi connectivity index (χ3v) is 4.90. The maximum absolute atomic E-state index is 4.94. The topological polar surface area (TPSA) is 29.9 Å². The van der Waals surface area contributed by atoms with E-state index in [1.165, 1.54) is 22.3 Å². The van der Waals surface area contributed by atoms with E-state index in [4.69, 9.17) is 5.10 Å². The highest BCUT2D eigenvalue weighted by atomic mass is 79.9. The molecule has 1 aromatic heterocycles. The van der Waals surface area contributed by atoms with E-state index in [1.807, 2.05) is 16.8 Å². The number of hydrogen-bond donors (Lipinski definition) is 1. The van der Waals surface area contributed by atoms with Gasteiger partial charge in [-0.1, -0.05) is 29.3 Å². The fourth-order valence-electron chi connectivity index (χ4n) is 3.32. The van der Waals surface area contributed by atoms with Crippen molar-refractivity contribution in [3.05, 3.63) is 63.6 Å². The zero-order valence-electron chi connectivity index (χ0n) is 13.2. The number of halogens is 1. The normalized spacial score (nSPS) is 13.0. The quantitative estimate of drug-likeness (QED) is 0.698. The van der Waals surface area contributed by atoms with Crippen LogP contribution in [-0.4, -0.2) is 16.3 Å². The van der Waals surface area contributed by atoms with Gasteiger partial charge in [0.2, 0.25) is 0 Å². The summed E-state index contributed by atoms with van der Waals surface area (Å²) in [6.45, 7) is 5.24. The number of hydrogen-bond acceptors (Lipinski definition) is 2. The maximum atomic E-state index is 4.94. The Labute approximate surface area is 144 Å². The van der Waals surface area contributed by atoms with E-state index in [9.17, 15) is 0 Å². The van der Waals surface area contributed by atoms with Crippen molar-refractivity contribution >= 4 is 21.7 Å². The first-order chi connectivity index (χ1) is 11.1. The summed E-state index contributed by atoms with van der Waals surface area (Å²) in [6, 6.07) is 14.8. The van der Waals surface area contributed by atoms with Crippen molar-refractivity contribution in [1.29, 1.82) is 0 Å². The predicted octanol–water partition coefficient (Wildman–Crippen LogP) is 4.89. The Balaban J connectivity index is 1.93. The van der Waals surface area contributed by atoms with Crippen molar-refractivity contribution in [3.63, 3.8) is 0 Å². The first-order valence-electron chi connectivity index (χ1n) is 7.83. The minimum atomic E-state index is 0.968. The number of benzene rings is 2. The average molecular weight is 368 g/mol. The molecule has 0 spiro atoms. The van der Waals surface area contributed by atoms with Crippen LogP contribution in [0.5, 0.6) is 0 Å². The highest BCUT2D eigenvalue weighted by molar-refractivity contribution is 9.10. The molecular formula is C19H18BrN3. The molecular weight excluding hydrogens is 350 g/mol. The summed E-state index contributed by atoms with van der Waals surface area (Å²) in [4.78, 5) is 0. The average Bonchev–Trinajstić information content (AvgIpc) is 3.09. The molecule has 2 heterocycles. The summed E-state index contributed by atoms with van der Waals surface area (Å²) in [6.07, 6.45) is 1.02. The van der Waals surface area contributed by atoms with Gasteiger partial charge in [0, 0.05) is 22.1 Å². The molecule has 2 aromatic carbocycles. The van der Waals surface area contributed by atoms with Gasteiger partial charge in [0.05, 0.1) is 11.4 Å². The predicted molar refractivity (Wildman–Crippen MR) is 98.4 cm³/mol. The molecule has 0 radical (unpaired) electrons. The Bertz CT molecular complexity index is 875. The van der Waals surface area contributed by atoms with Gasteiger partial charge in [0.15, 0.2) is 0 Å². The molecule has 116 valence electrons. The molecule has 0 saturated carbocycles. The zero-order chi connectivity index (χ0) is 16.0. The SMILES string of the molecule is Cc1cc(C)cc(-c2nn(-c3ccccc3Br)c3c2CCN3)c1. The van der Waals surface area contributed by atoms with Gasteiger partial charge in [0.25, 0.3) is 0 Å². The van der Waals surface area contributed by atoms with E-state index in [0.717, 1.165) is 34.6 Å². The lowest BCUT2D eigenvalue weighted by atomic mass is 10.0. The van der Waals surface area contributed by atoms with Crippen molar-refractivity contribution in [3.8, 4) is 16.9 Å². The van der Waals surface area contributed by atoms with E-state index < -0.39 is 0 Å². The van der Waals surface area contributed by atoms with Gasteiger partial charge >= 0.3 is 0 Å². The molecule has 0 fully saturated rings. The Morgan fingerprint density at radius 1 is 1.09 bits per heavy atom. The number of nitrogens with zero attached hydrogens (tertiary/aromatic N) is 2. The third kappa shape index (κ3) is 2.47. The number of para-hydroxylation sites is 1. The van der Waals surface area contributed by atoms with Crippen LogP contribution in [0.4, 0.5) is 5.82 Å². The van der Waals surface area contributed by atoms with Crippen LogP contribution >= 0.6 is 15.9 Å². The molecule has 23 heavy (non-hydrogen) atoms. The highest BCUT2D eigenvalue weighted by Crippen LogP contribution is 2.36. The largest absolute Gasteiger partial charge is 0.369 e. The third-order valence-electron chi connectivity index (χ3n) is 4.23. The van der Waals surface area contributed by atoms with Gasteiger partial charge in [-0.15, -0.1) is 0 Å². The van der Waals surface area contributed by atoms with E-state index in [2.05, 4.69) is 65.4 Å². The van der Waals surface area contributed by atoms with E-state index in [1.54, 1.807) is 0 Å². The van der Waals surface area contributed by atoms with E-state index >= 15 is 0 Å². The molecule has 1 N–H and O–H groups in total. The molecule has 0 amide bonds.